The smallest absolute Gasteiger partial charge is 0.220 e. The number of Topliss-reactive ketones (excluding diaryl/α,β-unsaturated/α-hetero) is 2. The fraction of sp³-hybridized carbons (Fsp3) is 0.533. The van der Waals surface area contributed by atoms with Crippen LogP contribution in [0.3, 0.4) is 0 Å². The maximum absolute atomic E-state index is 12.7. The molecule has 0 radical (unpaired) electrons. The Balaban J connectivity index is 0.925. The molecule has 4 bridgehead atoms. The zero-order chi connectivity index (χ0) is 25.6. The highest BCUT2D eigenvalue weighted by atomic mass is 32.1. The summed E-state index contributed by atoms with van der Waals surface area (Å²) < 4.78 is 5.88. The molecule has 194 valence electrons. The van der Waals surface area contributed by atoms with Gasteiger partial charge in [-0.15, -0.1) is 11.3 Å². The van der Waals surface area contributed by atoms with E-state index in [0.29, 0.717) is 29.0 Å². The summed E-state index contributed by atoms with van der Waals surface area (Å²) in [6, 6.07) is 9.47. The topological polar surface area (TPSA) is 96.3 Å². The first-order chi connectivity index (χ1) is 17.9. The molecule has 0 saturated heterocycles. The van der Waals surface area contributed by atoms with E-state index >= 15 is 0 Å². The van der Waals surface area contributed by atoms with Crippen LogP contribution in [0.2, 0.25) is 0 Å². The minimum absolute atomic E-state index is 0.0604. The van der Waals surface area contributed by atoms with Gasteiger partial charge in [0.15, 0.2) is 11.6 Å². The quantitative estimate of drug-likeness (QED) is 0.323. The second-order valence-electron chi connectivity index (χ2n) is 11.8. The average Bonchev–Trinajstić information content (AvgIpc) is 3.30. The first-order valence-corrected chi connectivity index (χ1v) is 14.5. The molecule has 7 rings (SSSR count). The largest absolute Gasteiger partial charge is 0.494 e. The van der Waals surface area contributed by atoms with Crippen LogP contribution in [-0.2, 0) is 9.59 Å². The van der Waals surface area contributed by atoms with Crippen molar-refractivity contribution < 1.29 is 19.1 Å². The molecule has 1 amide bonds. The molecule has 1 heterocycles. The number of fused-ring (bicyclic) bond motifs is 1. The van der Waals surface area contributed by atoms with Crippen molar-refractivity contribution in [1.29, 1.82) is 5.41 Å². The molecule has 37 heavy (non-hydrogen) atoms. The molecule has 1 aromatic heterocycles. The van der Waals surface area contributed by atoms with Crippen molar-refractivity contribution in [3.8, 4) is 16.2 Å². The van der Waals surface area contributed by atoms with E-state index in [1.54, 1.807) is 6.07 Å². The standard InChI is InChI=1S/C30H34N2O4S/c31-28-25(34)13-24(33)23-12-26(37-29(23)28)21-3-5-22(6-4-21)36-8-2-1-7-32-27(35)17-30-14-18-9-19(15-30)11-20(10-18)16-30/h3-6,12,18-20,31H,1-2,7-11,13-17H2,(H,32,35). The van der Waals surface area contributed by atoms with Gasteiger partial charge in [-0.1, -0.05) is 0 Å². The van der Waals surface area contributed by atoms with E-state index < -0.39 is 5.78 Å². The van der Waals surface area contributed by atoms with E-state index in [1.165, 1.54) is 49.9 Å². The molecular formula is C30H34N2O4S. The van der Waals surface area contributed by atoms with Crippen molar-refractivity contribution >= 4 is 34.5 Å². The number of thiophene rings is 1. The maximum atomic E-state index is 12.7. The Labute approximate surface area is 221 Å². The minimum atomic E-state index is -0.406. The van der Waals surface area contributed by atoms with Gasteiger partial charge in [0.05, 0.1) is 17.9 Å². The van der Waals surface area contributed by atoms with Crippen LogP contribution in [0.5, 0.6) is 5.75 Å². The third kappa shape index (κ3) is 5.02. The summed E-state index contributed by atoms with van der Waals surface area (Å²) in [6.45, 7) is 1.29. The summed E-state index contributed by atoms with van der Waals surface area (Å²) in [4.78, 5) is 38.0. The molecule has 1 aromatic carbocycles. The van der Waals surface area contributed by atoms with Crippen LogP contribution in [-0.4, -0.2) is 36.3 Å². The van der Waals surface area contributed by atoms with E-state index in [0.717, 1.165) is 53.2 Å². The summed E-state index contributed by atoms with van der Waals surface area (Å²) in [6.07, 6.45) is 10.3. The highest BCUT2D eigenvalue weighted by Crippen LogP contribution is 2.61. The molecule has 0 aliphatic heterocycles. The van der Waals surface area contributed by atoms with Gasteiger partial charge in [-0.25, -0.2) is 0 Å². The van der Waals surface area contributed by atoms with Crippen LogP contribution in [0.4, 0.5) is 0 Å². The van der Waals surface area contributed by atoms with E-state index in [1.807, 2.05) is 24.3 Å². The van der Waals surface area contributed by atoms with Crippen molar-refractivity contribution in [2.75, 3.05) is 13.2 Å². The van der Waals surface area contributed by atoms with Gasteiger partial charge in [-0.3, -0.25) is 19.8 Å². The number of carbonyl (C=O) groups is 3. The Bertz CT molecular complexity index is 1210. The van der Waals surface area contributed by atoms with Crippen LogP contribution in [0, 0.1) is 28.6 Å². The lowest BCUT2D eigenvalue weighted by molar-refractivity contribution is -0.129. The third-order valence-electron chi connectivity index (χ3n) is 8.86. The van der Waals surface area contributed by atoms with Crippen molar-refractivity contribution in [1.82, 2.24) is 5.32 Å². The first-order valence-electron chi connectivity index (χ1n) is 13.7. The second-order valence-corrected chi connectivity index (χ2v) is 12.8. The molecular weight excluding hydrogens is 484 g/mol. The number of ketones is 2. The van der Waals surface area contributed by atoms with Crippen molar-refractivity contribution in [3.05, 3.63) is 40.8 Å². The minimum Gasteiger partial charge on any atom is -0.494 e. The van der Waals surface area contributed by atoms with Gasteiger partial charge < -0.3 is 10.1 Å². The molecule has 0 atom stereocenters. The summed E-state index contributed by atoms with van der Waals surface area (Å²) in [5.41, 5.74) is 1.65. The van der Waals surface area contributed by atoms with E-state index in [4.69, 9.17) is 10.1 Å². The van der Waals surface area contributed by atoms with Gasteiger partial charge >= 0.3 is 0 Å². The highest BCUT2D eigenvalue weighted by molar-refractivity contribution is 7.18. The van der Waals surface area contributed by atoms with Gasteiger partial charge in [-0.05, 0) is 110 Å². The monoisotopic (exact) mass is 518 g/mol. The van der Waals surface area contributed by atoms with E-state index in [-0.39, 0.29) is 23.8 Å². The highest BCUT2D eigenvalue weighted by Gasteiger charge is 2.51. The maximum Gasteiger partial charge on any atom is 0.220 e. The van der Waals surface area contributed by atoms with Crippen LogP contribution >= 0.6 is 11.3 Å². The number of amides is 1. The summed E-state index contributed by atoms with van der Waals surface area (Å²) in [5, 5.41) is 11.1. The number of unbranched alkanes of at least 4 members (excludes halogenated alkanes) is 1. The number of ether oxygens (including phenoxy) is 1. The number of carbonyl (C=O) groups excluding carboxylic acids is 3. The molecule has 7 heteroatoms. The van der Waals surface area contributed by atoms with Gasteiger partial charge in [0, 0.05) is 23.4 Å². The second kappa shape index (κ2) is 9.82. The van der Waals surface area contributed by atoms with Gasteiger partial charge in [0.2, 0.25) is 5.91 Å². The predicted molar refractivity (Wildman–Crippen MR) is 143 cm³/mol. The zero-order valence-electron chi connectivity index (χ0n) is 21.1. The normalized spacial score (nSPS) is 27.9. The molecule has 0 unspecified atom stereocenters. The summed E-state index contributed by atoms with van der Waals surface area (Å²) in [5.74, 6) is 3.03. The zero-order valence-corrected chi connectivity index (χ0v) is 22.0. The Morgan fingerprint density at radius 2 is 1.68 bits per heavy atom. The van der Waals surface area contributed by atoms with Crippen molar-refractivity contribution in [3.63, 3.8) is 0 Å². The Hall–Kier alpha value is -2.80. The fourth-order valence-corrected chi connectivity index (χ4v) is 8.80. The van der Waals surface area contributed by atoms with E-state index in [9.17, 15) is 14.4 Å². The molecule has 2 aromatic rings. The van der Waals surface area contributed by atoms with E-state index in [2.05, 4.69) is 5.32 Å². The lowest BCUT2D eigenvalue weighted by Crippen LogP contribution is -2.48. The van der Waals surface area contributed by atoms with Gasteiger partial charge in [0.25, 0.3) is 0 Å². The van der Waals surface area contributed by atoms with Crippen LogP contribution in [0.15, 0.2) is 30.3 Å². The van der Waals surface area contributed by atoms with Crippen LogP contribution < -0.4 is 10.1 Å². The molecule has 4 saturated carbocycles. The number of benzene rings is 1. The van der Waals surface area contributed by atoms with Crippen molar-refractivity contribution in [2.45, 2.75) is 64.2 Å². The van der Waals surface area contributed by atoms with Crippen LogP contribution in [0.1, 0.15) is 79.4 Å². The molecule has 2 N–H and O–H groups in total. The summed E-state index contributed by atoms with van der Waals surface area (Å²) in [7, 11) is 0. The molecule has 5 aliphatic rings. The van der Waals surface area contributed by atoms with Crippen molar-refractivity contribution in [2.24, 2.45) is 23.2 Å². The third-order valence-corrected chi connectivity index (χ3v) is 10.1. The first kappa shape index (κ1) is 24.5. The SMILES string of the molecule is N=C1C(=O)CC(=O)c2cc(-c3ccc(OCCCCNC(=O)CC45CC6CC(CC(C6)C4)C5)cc3)sc21. The van der Waals surface area contributed by atoms with Gasteiger partial charge in [-0.2, -0.15) is 0 Å². The number of hydrogen-bond acceptors (Lipinski definition) is 6. The molecule has 0 spiro atoms. The fourth-order valence-electron chi connectivity index (χ4n) is 7.65. The molecule has 6 nitrogen and oxygen atoms in total. The Morgan fingerprint density at radius 3 is 2.35 bits per heavy atom. The number of rotatable bonds is 9. The lowest BCUT2D eigenvalue weighted by atomic mass is 9.49. The number of nitrogens with one attached hydrogen (secondary N) is 2. The molecule has 5 aliphatic carbocycles. The predicted octanol–water partition coefficient (Wildman–Crippen LogP) is 5.82. The Morgan fingerprint density at radius 1 is 1.00 bits per heavy atom. The summed E-state index contributed by atoms with van der Waals surface area (Å²) >= 11 is 1.31. The average molecular weight is 519 g/mol. The number of hydrogen-bond donors (Lipinski definition) is 2. The van der Waals surface area contributed by atoms with Crippen LogP contribution in [0.25, 0.3) is 10.4 Å². The lowest BCUT2D eigenvalue weighted by Gasteiger charge is -2.56. The molecule has 4 fully saturated rings. The Kier molecular flexibility index (Phi) is 6.51. The van der Waals surface area contributed by atoms with Gasteiger partial charge in [0.1, 0.15) is 11.5 Å².